The Hall–Kier alpha value is -1.22. The Labute approximate surface area is 103 Å². The molecular formula is C14H22N2O. The Morgan fingerprint density at radius 1 is 1.41 bits per heavy atom. The molecule has 1 aromatic carbocycles. The van der Waals surface area contributed by atoms with E-state index in [1.165, 1.54) is 5.56 Å². The van der Waals surface area contributed by atoms with Crippen molar-refractivity contribution in [3.8, 4) is 0 Å². The zero-order valence-corrected chi connectivity index (χ0v) is 10.9. The predicted molar refractivity (Wildman–Crippen MR) is 72.3 cm³/mol. The number of para-hydroxylation sites is 1. The fraction of sp³-hybridized carbons (Fsp3) is 0.571. The van der Waals surface area contributed by atoms with Crippen LogP contribution in [0.4, 0.5) is 11.4 Å². The smallest absolute Gasteiger partial charge is 0.0646 e. The molecule has 0 amide bonds. The van der Waals surface area contributed by atoms with Gasteiger partial charge in [-0.2, -0.15) is 0 Å². The maximum Gasteiger partial charge on any atom is 0.0646 e. The molecule has 1 heterocycles. The summed E-state index contributed by atoms with van der Waals surface area (Å²) < 4.78 is 5.72. The highest BCUT2D eigenvalue weighted by molar-refractivity contribution is 5.70. The van der Waals surface area contributed by atoms with Crippen molar-refractivity contribution in [2.24, 2.45) is 0 Å². The zero-order valence-electron chi connectivity index (χ0n) is 10.9. The van der Waals surface area contributed by atoms with E-state index in [0.29, 0.717) is 6.04 Å². The van der Waals surface area contributed by atoms with E-state index in [-0.39, 0.29) is 5.60 Å². The van der Waals surface area contributed by atoms with Gasteiger partial charge in [-0.15, -0.1) is 0 Å². The molecule has 0 saturated carbocycles. The number of hydrogen-bond donors (Lipinski definition) is 2. The van der Waals surface area contributed by atoms with Gasteiger partial charge in [0.05, 0.1) is 17.0 Å². The quantitative estimate of drug-likeness (QED) is 0.773. The van der Waals surface area contributed by atoms with Crippen molar-refractivity contribution >= 4 is 11.4 Å². The summed E-state index contributed by atoms with van der Waals surface area (Å²) in [5.41, 5.74) is 9.09. The first-order chi connectivity index (χ1) is 7.98. The van der Waals surface area contributed by atoms with Crippen LogP contribution in [0.2, 0.25) is 0 Å². The molecule has 2 rings (SSSR count). The van der Waals surface area contributed by atoms with Crippen molar-refractivity contribution in [3.05, 3.63) is 23.8 Å². The standard InChI is InChI=1S/C14H22N2O/c1-10-5-4-6-12(15)13(10)16-11-7-8-17-14(2,3)9-11/h4-6,11,16H,7-9,15H2,1-3H3. The molecule has 1 aliphatic rings. The molecule has 3 nitrogen and oxygen atoms in total. The second-order valence-corrected chi connectivity index (χ2v) is 5.48. The molecule has 94 valence electrons. The van der Waals surface area contributed by atoms with Crippen LogP contribution in [0.15, 0.2) is 18.2 Å². The highest BCUT2D eigenvalue weighted by Crippen LogP contribution is 2.29. The molecule has 3 N–H and O–H groups in total. The summed E-state index contributed by atoms with van der Waals surface area (Å²) in [4.78, 5) is 0. The SMILES string of the molecule is Cc1cccc(N)c1NC1CCOC(C)(C)C1. The zero-order chi connectivity index (χ0) is 12.5. The molecule has 0 spiro atoms. The molecule has 0 aliphatic carbocycles. The maximum absolute atomic E-state index is 6.01. The Kier molecular flexibility index (Phi) is 3.29. The van der Waals surface area contributed by atoms with Crippen molar-refractivity contribution in [2.75, 3.05) is 17.7 Å². The molecule has 3 heteroatoms. The summed E-state index contributed by atoms with van der Waals surface area (Å²) in [6, 6.07) is 6.47. The number of aryl methyl sites for hydroxylation is 1. The minimum Gasteiger partial charge on any atom is -0.397 e. The first kappa shape index (κ1) is 12.2. The van der Waals surface area contributed by atoms with Gasteiger partial charge < -0.3 is 15.8 Å². The van der Waals surface area contributed by atoms with Gasteiger partial charge in [-0.1, -0.05) is 12.1 Å². The van der Waals surface area contributed by atoms with Gasteiger partial charge in [0.15, 0.2) is 0 Å². The fourth-order valence-electron chi connectivity index (χ4n) is 2.45. The van der Waals surface area contributed by atoms with Gasteiger partial charge in [0, 0.05) is 12.6 Å². The van der Waals surface area contributed by atoms with Crippen molar-refractivity contribution < 1.29 is 4.74 Å². The van der Waals surface area contributed by atoms with Crippen LogP contribution in [0.3, 0.4) is 0 Å². The summed E-state index contributed by atoms with van der Waals surface area (Å²) in [6.07, 6.45) is 2.05. The molecule has 1 aliphatic heterocycles. The van der Waals surface area contributed by atoms with E-state index >= 15 is 0 Å². The molecule has 1 fully saturated rings. The van der Waals surface area contributed by atoms with E-state index in [1.807, 2.05) is 12.1 Å². The Balaban J connectivity index is 2.10. The third-order valence-corrected chi connectivity index (χ3v) is 3.35. The van der Waals surface area contributed by atoms with Crippen molar-refractivity contribution in [3.63, 3.8) is 0 Å². The Morgan fingerprint density at radius 2 is 2.18 bits per heavy atom. The normalized spacial score (nSPS) is 23.4. The number of ether oxygens (including phenoxy) is 1. The largest absolute Gasteiger partial charge is 0.397 e. The van der Waals surface area contributed by atoms with Gasteiger partial charge in [-0.25, -0.2) is 0 Å². The van der Waals surface area contributed by atoms with E-state index in [4.69, 9.17) is 10.5 Å². The molecule has 1 unspecified atom stereocenters. The van der Waals surface area contributed by atoms with Crippen LogP contribution in [0.25, 0.3) is 0 Å². The summed E-state index contributed by atoms with van der Waals surface area (Å²) in [5.74, 6) is 0. The van der Waals surface area contributed by atoms with Crippen LogP contribution < -0.4 is 11.1 Å². The minimum absolute atomic E-state index is 0.0344. The lowest BCUT2D eigenvalue weighted by atomic mass is 9.93. The number of benzene rings is 1. The molecule has 1 atom stereocenters. The molecule has 1 aromatic rings. The van der Waals surface area contributed by atoms with E-state index < -0.39 is 0 Å². The average Bonchev–Trinajstić information content (AvgIpc) is 2.22. The monoisotopic (exact) mass is 234 g/mol. The van der Waals surface area contributed by atoms with Crippen molar-refractivity contribution in [2.45, 2.75) is 45.3 Å². The number of anilines is 2. The van der Waals surface area contributed by atoms with Gasteiger partial charge in [0.1, 0.15) is 0 Å². The topological polar surface area (TPSA) is 47.3 Å². The first-order valence-corrected chi connectivity index (χ1v) is 6.23. The van der Waals surface area contributed by atoms with Crippen molar-refractivity contribution in [1.29, 1.82) is 0 Å². The third-order valence-electron chi connectivity index (χ3n) is 3.35. The van der Waals surface area contributed by atoms with E-state index in [2.05, 4.69) is 32.2 Å². The highest BCUT2D eigenvalue weighted by Gasteiger charge is 2.29. The number of rotatable bonds is 2. The summed E-state index contributed by atoms with van der Waals surface area (Å²) >= 11 is 0. The number of nitrogens with one attached hydrogen (secondary N) is 1. The third kappa shape index (κ3) is 2.91. The summed E-state index contributed by atoms with van der Waals surface area (Å²) in [5, 5.41) is 3.57. The number of hydrogen-bond acceptors (Lipinski definition) is 3. The molecule has 0 bridgehead atoms. The molecule has 1 saturated heterocycles. The number of nitrogens with two attached hydrogens (primary N) is 1. The Morgan fingerprint density at radius 3 is 2.82 bits per heavy atom. The first-order valence-electron chi connectivity index (χ1n) is 6.23. The minimum atomic E-state index is -0.0344. The van der Waals surface area contributed by atoms with E-state index in [1.54, 1.807) is 0 Å². The molecule has 0 aromatic heterocycles. The van der Waals surface area contributed by atoms with Crippen LogP contribution in [-0.4, -0.2) is 18.2 Å². The van der Waals surface area contributed by atoms with Gasteiger partial charge in [0.2, 0.25) is 0 Å². The van der Waals surface area contributed by atoms with Crippen LogP contribution in [0.5, 0.6) is 0 Å². The maximum atomic E-state index is 6.01. The van der Waals surface area contributed by atoms with Crippen LogP contribution in [0.1, 0.15) is 32.3 Å². The summed E-state index contributed by atoms with van der Waals surface area (Å²) in [7, 11) is 0. The van der Waals surface area contributed by atoms with Gasteiger partial charge in [-0.05, 0) is 45.2 Å². The van der Waals surface area contributed by atoms with Crippen LogP contribution in [0, 0.1) is 6.92 Å². The van der Waals surface area contributed by atoms with Gasteiger partial charge in [-0.3, -0.25) is 0 Å². The van der Waals surface area contributed by atoms with E-state index in [9.17, 15) is 0 Å². The second-order valence-electron chi connectivity index (χ2n) is 5.48. The molecular weight excluding hydrogens is 212 g/mol. The van der Waals surface area contributed by atoms with Crippen molar-refractivity contribution in [1.82, 2.24) is 0 Å². The van der Waals surface area contributed by atoms with Gasteiger partial charge in [0.25, 0.3) is 0 Å². The second kappa shape index (κ2) is 4.57. The van der Waals surface area contributed by atoms with Crippen LogP contribution in [-0.2, 0) is 4.74 Å². The Bertz CT molecular complexity index is 381. The lowest BCUT2D eigenvalue weighted by Crippen LogP contribution is -2.40. The van der Waals surface area contributed by atoms with Crippen LogP contribution >= 0.6 is 0 Å². The lowest BCUT2D eigenvalue weighted by molar-refractivity contribution is -0.0553. The summed E-state index contributed by atoms with van der Waals surface area (Å²) in [6.45, 7) is 7.18. The van der Waals surface area contributed by atoms with E-state index in [0.717, 1.165) is 30.8 Å². The molecule has 0 radical (unpaired) electrons. The highest BCUT2D eigenvalue weighted by atomic mass is 16.5. The lowest BCUT2D eigenvalue weighted by Gasteiger charge is -2.36. The predicted octanol–water partition coefficient (Wildman–Crippen LogP) is 2.95. The molecule has 17 heavy (non-hydrogen) atoms. The number of nitrogen functional groups attached to an aromatic ring is 1. The van der Waals surface area contributed by atoms with Gasteiger partial charge >= 0.3 is 0 Å². The average molecular weight is 234 g/mol. The fourth-order valence-corrected chi connectivity index (χ4v) is 2.45.